The van der Waals surface area contributed by atoms with Gasteiger partial charge in [0.2, 0.25) is 0 Å². The van der Waals surface area contributed by atoms with E-state index >= 15 is 0 Å². The molecule has 92 valence electrons. The van der Waals surface area contributed by atoms with Crippen LogP contribution in [0.4, 0.5) is 11.4 Å². The zero-order valence-corrected chi connectivity index (χ0v) is 9.12. The number of ether oxygens (including phenoxy) is 1. The van der Waals surface area contributed by atoms with Crippen molar-refractivity contribution in [1.82, 2.24) is 0 Å². The summed E-state index contributed by atoms with van der Waals surface area (Å²) < 4.78 is 4.70. The minimum Gasteiger partial charge on any atom is -0.479 e. The second-order valence-corrected chi connectivity index (χ2v) is 3.22. The van der Waals surface area contributed by atoms with Crippen LogP contribution in [-0.4, -0.2) is 35.8 Å². The molecule has 0 aliphatic heterocycles. The molecule has 17 heavy (non-hydrogen) atoms. The van der Waals surface area contributed by atoms with Crippen molar-refractivity contribution in [2.75, 3.05) is 19.0 Å². The lowest BCUT2D eigenvalue weighted by molar-refractivity contribution is -0.384. The smallest absolute Gasteiger partial charge is 0.334 e. The van der Waals surface area contributed by atoms with Crippen LogP contribution < -0.4 is 5.32 Å². The van der Waals surface area contributed by atoms with Gasteiger partial charge >= 0.3 is 5.97 Å². The number of nitro groups is 1. The van der Waals surface area contributed by atoms with Crippen molar-refractivity contribution >= 4 is 17.3 Å². The number of carbonyl (C=O) groups is 1. The minimum absolute atomic E-state index is 0.0450. The summed E-state index contributed by atoms with van der Waals surface area (Å²) in [5.41, 5.74) is 0.161. The zero-order valence-electron chi connectivity index (χ0n) is 9.12. The van der Waals surface area contributed by atoms with Crippen LogP contribution in [0.15, 0.2) is 24.3 Å². The van der Waals surface area contributed by atoms with Gasteiger partial charge in [-0.2, -0.15) is 0 Å². The van der Waals surface area contributed by atoms with E-state index in [4.69, 9.17) is 9.84 Å². The summed E-state index contributed by atoms with van der Waals surface area (Å²) in [6.45, 7) is -0.0450. The lowest BCUT2D eigenvalue weighted by atomic mass is 10.2. The summed E-state index contributed by atoms with van der Waals surface area (Å²) in [4.78, 5) is 20.8. The van der Waals surface area contributed by atoms with Crippen molar-refractivity contribution in [2.45, 2.75) is 6.10 Å². The Kier molecular flexibility index (Phi) is 4.41. The number of aliphatic carboxylic acids is 1. The van der Waals surface area contributed by atoms with Crippen molar-refractivity contribution in [3.63, 3.8) is 0 Å². The van der Waals surface area contributed by atoms with Gasteiger partial charge in [0.15, 0.2) is 6.10 Å². The first kappa shape index (κ1) is 12.9. The van der Waals surface area contributed by atoms with Gasteiger partial charge in [-0.15, -0.1) is 0 Å². The van der Waals surface area contributed by atoms with Gasteiger partial charge in [0.05, 0.1) is 11.5 Å². The van der Waals surface area contributed by atoms with Crippen LogP contribution in [0, 0.1) is 10.1 Å². The van der Waals surface area contributed by atoms with E-state index in [1.165, 1.54) is 25.3 Å². The normalized spacial score (nSPS) is 11.8. The van der Waals surface area contributed by atoms with Crippen molar-refractivity contribution in [3.05, 3.63) is 34.4 Å². The highest BCUT2D eigenvalue weighted by Crippen LogP contribution is 2.22. The molecule has 0 spiro atoms. The van der Waals surface area contributed by atoms with Crippen molar-refractivity contribution < 1.29 is 19.6 Å². The second-order valence-electron chi connectivity index (χ2n) is 3.22. The number of nitrogens with zero attached hydrogens (tertiary/aromatic N) is 1. The average molecular weight is 240 g/mol. The van der Waals surface area contributed by atoms with Crippen molar-refractivity contribution in [2.24, 2.45) is 0 Å². The standard InChI is InChI=1S/C10H12N2O5/c1-17-9(10(13)14)6-11-7-4-2-3-5-8(7)12(15)16/h2-5,9,11H,6H2,1H3,(H,13,14). The number of methoxy groups -OCH3 is 1. The van der Waals surface area contributed by atoms with Crippen LogP contribution in [0.2, 0.25) is 0 Å². The van der Waals surface area contributed by atoms with Crippen LogP contribution >= 0.6 is 0 Å². The molecular weight excluding hydrogens is 228 g/mol. The van der Waals surface area contributed by atoms with Crippen LogP contribution in [0.5, 0.6) is 0 Å². The third kappa shape index (κ3) is 3.42. The van der Waals surface area contributed by atoms with Gasteiger partial charge in [0, 0.05) is 13.2 Å². The van der Waals surface area contributed by atoms with E-state index in [-0.39, 0.29) is 17.9 Å². The topological polar surface area (TPSA) is 102 Å². The van der Waals surface area contributed by atoms with Crippen molar-refractivity contribution in [1.29, 1.82) is 0 Å². The first-order valence-corrected chi connectivity index (χ1v) is 4.79. The third-order valence-electron chi connectivity index (χ3n) is 2.14. The summed E-state index contributed by atoms with van der Waals surface area (Å²) in [5, 5.41) is 22.1. The second kappa shape index (κ2) is 5.80. The number of para-hydroxylation sites is 2. The molecule has 0 bridgehead atoms. The summed E-state index contributed by atoms with van der Waals surface area (Å²) in [6, 6.07) is 6.00. The molecule has 2 N–H and O–H groups in total. The van der Waals surface area contributed by atoms with E-state index in [9.17, 15) is 14.9 Å². The zero-order chi connectivity index (χ0) is 12.8. The number of rotatable bonds is 6. The molecular formula is C10H12N2O5. The summed E-state index contributed by atoms with van der Waals surface area (Å²) in [5.74, 6) is -1.13. The lowest BCUT2D eigenvalue weighted by Gasteiger charge is -2.12. The maximum Gasteiger partial charge on any atom is 0.334 e. The highest BCUT2D eigenvalue weighted by molar-refractivity contribution is 5.73. The van der Waals surface area contributed by atoms with E-state index in [1.807, 2.05) is 0 Å². The van der Waals surface area contributed by atoms with Gasteiger partial charge in [-0.25, -0.2) is 4.79 Å². The SMILES string of the molecule is COC(CNc1ccccc1[N+](=O)[O-])C(=O)O. The van der Waals surface area contributed by atoms with Gasteiger partial charge in [0.1, 0.15) is 5.69 Å². The Labute approximate surface area is 97.2 Å². The highest BCUT2D eigenvalue weighted by Gasteiger charge is 2.18. The fourth-order valence-corrected chi connectivity index (χ4v) is 1.26. The van der Waals surface area contributed by atoms with Gasteiger partial charge in [0.25, 0.3) is 5.69 Å². The number of nitrogens with one attached hydrogen (secondary N) is 1. The monoisotopic (exact) mass is 240 g/mol. The van der Waals surface area contributed by atoms with E-state index in [0.717, 1.165) is 0 Å². The molecule has 0 amide bonds. The fourth-order valence-electron chi connectivity index (χ4n) is 1.26. The molecule has 1 aromatic rings. The van der Waals surface area contributed by atoms with E-state index < -0.39 is 17.0 Å². The Bertz CT molecular complexity index is 421. The Hall–Kier alpha value is -2.15. The van der Waals surface area contributed by atoms with Crippen LogP contribution in [0.3, 0.4) is 0 Å². The number of carboxylic acid groups (broad SMARTS) is 1. The molecule has 0 aliphatic carbocycles. The number of hydrogen-bond donors (Lipinski definition) is 2. The lowest BCUT2D eigenvalue weighted by Crippen LogP contribution is -2.30. The summed E-state index contributed by atoms with van der Waals surface area (Å²) in [6.07, 6.45) is -1.05. The van der Waals surface area contributed by atoms with Gasteiger partial charge in [-0.3, -0.25) is 10.1 Å². The minimum atomic E-state index is -1.13. The number of nitro benzene ring substituents is 1. The average Bonchev–Trinajstić information content (AvgIpc) is 2.29. The maximum atomic E-state index is 10.7. The van der Waals surface area contributed by atoms with Gasteiger partial charge in [-0.1, -0.05) is 12.1 Å². The van der Waals surface area contributed by atoms with Crippen LogP contribution in [0.25, 0.3) is 0 Å². The van der Waals surface area contributed by atoms with E-state index in [1.54, 1.807) is 6.07 Å². The summed E-state index contributed by atoms with van der Waals surface area (Å²) in [7, 11) is 1.26. The molecule has 7 nitrogen and oxygen atoms in total. The molecule has 0 aromatic heterocycles. The maximum absolute atomic E-state index is 10.7. The van der Waals surface area contributed by atoms with Gasteiger partial charge in [-0.05, 0) is 6.07 Å². The first-order chi connectivity index (χ1) is 8.06. The quantitative estimate of drug-likeness (QED) is 0.570. The van der Waals surface area contributed by atoms with Crippen LogP contribution in [-0.2, 0) is 9.53 Å². The molecule has 0 saturated heterocycles. The Morgan fingerprint density at radius 3 is 2.76 bits per heavy atom. The van der Waals surface area contributed by atoms with Crippen LogP contribution in [0.1, 0.15) is 0 Å². The Morgan fingerprint density at radius 1 is 1.59 bits per heavy atom. The fraction of sp³-hybridized carbons (Fsp3) is 0.300. The highest BCUT2D eigenvalue weighted by atomic mass is 16.6. The number of anilines is 1. The summed E-state index contributed by atoms with van der Waals surface area (Å²) >= 11 is 0. The Balaban J connectivity index is 2.75. The number of carboxylic acids is 1. The molecule has 1 atom stereocenters. The molecule has 0 heterocycles. The number of benzene rings is 1. The molecule has 0 radical (unpaired) electrons. The van der Waals surface area contributed by atoms with E-state index in [0.29, 0.717) is 0 Å². The molecule has 0 aliphatic rings. The largest absolute Gasteiger partial charge is 0.479 e. The van der Waals surface area contributed by atoms with Gasteiger partial charge < -0.3 is 15.2 Å². The predicted octanol–water partition coefficient (Wildman–Crippen LogP) is 1.11. The molecule has 1 aromatic carbocycles. The predicted molar refractivity (Wildman–Crippen MR) is 60.0 cm³/mol. The molecule has 0 saturated carbocycles. The Morgan fingerprint density at radius 2 is 2.24 bits per heavy atom. The molecule has 7 heteroatoms. The molecule has 1 rings (SSSR count). The third-order valence-corrected chi connectivity index (χ3v) is 2.14. The molecule has 0 fully saturated rings. The first-order valence-electron chi connectivity index (χ1n) is 4.79. The molecule has 1 unspecified atom stereocenters. The number of hydrogen-bond acceptors (Lipinski definition) is 5. The van der Waals surface area contributed by atoms with E-state index in [2.05, 4.69) is 5.32 Å². The van der Waals surface area contributed by atoms with Crippen molar-refractivity contribution in [3.8, 4) is 0 Å².